The van der Waals surface area contributed by atoms with Gasteiger partial charge in [-0.25, -0.2) is 8.42 Å². The van der Waals surface area contributed by atoms with Crippen LogP contribution in [0.25, 0.3) is 0 Å². The van der Waals surface area contributed by atoms with Gasteiger partial charge in [-0.15, -0.1) is 0 Å². The Morgan fingerprint density at radius 1 is 1.35 bits per heavy atom. The molecule has 0 aromatic carbocycles. The highest BCUT2D eigenvalue weighted by atomic mass is 35.7. The first-order valence-corrected chi connectivity index (χ1v) is 8.80. The van der Waals surface area contributed by atoms with Crippen molar-refractivity contribution in [3.63, 3.8) is 0 Å². The molecule has 5 heteroatoms. The molecular formula is C12H19ClO3S. The predicted octanol–water partition coefficient (Wildman–Crippen LogP) is 2.40. The van der Waals surface area contributed by atoms with E-state index in [9.17, 15) is 8.42 Å². The first-order valence-electron chi connectivity index (χ1n) is 6.32. The van der Waals surface area contributed by atoms with Gasteiger partial charge in [0, 0.05) is 22.7 Å². The van der Waals surface area contributed by atoms with Crippen molar-refractivity contribution in [1.82, 2.24) is 0 Å². The number of rotatable bonds is 2. The van der Waals surface area contributed by atoms with Crippen molar-refractivity contribution in [1.29, 1.82) is 0 Å². The fourth-order valence-electron chi connectivity index (χ4n) is 4.96. The van der Waals surface area contributed by atoms with Gasteiger partial charge in [-0.2, -0.15) is 0 Å². The Kier molecular flexibility index (Phi) is 2.45. The molecule has 3 aliphatic rings. The molecule has 0 aromatic rings. The Bertz CT molecular complexity index is 445. The third kappa shape index (κ3) is 1.47. The van der Waals surface area contributed by atoms with Crippen molar-refractivity contribution in [2.75, 3.05) is 12.4 Å². The van der Waals surface area contributed by atoms with Crippen LogP contribution in [0.2, 0.25) is 0 Å². The van der Waals surface area contributed by atoms with Crippen molar-refractivity contribution >= 4 is 19.7 Å². The summed E-state index contributed by atoms with van der Waals surface area (Å²) in [5.41, 5.74) is -0.218. The fraction of sp³-hybridized carbons (Fsp3) is 1.00. The van der Waals surface area contributed by atoms with Crippen LogP contribution in [0.1, 0.15) is 33.1 Å². The topological polar surface area (TPSA) is 43.4 Å². The molecule has 2 aliphatic carbocycles. The minimum Gasteiger partial charge on any atom is -0.377 e. The van der Waals surface area contributed by atoms with E-state index >= 15 is 0 Å². The number of hydrogen-bond acceptors (Lipinski definition) is 3. The van der Waals surface area contributed by atoms with E-state index in [1.54, 1.807) is 0 Å². The molecule has 1 aliphatic heterocycles. The zero-order valence-electron chi connectivity index (χ0n) is 10.3. The Labute approximate surface area is 107 Å². The summed E-state index contributed by atoms with van der Waals surface area (Å²) in [4.78, 5) is 0. The van der Waals surface area contributed by atoms with E-state index in [2.05, 4.69) is 13.8 Å². The van der Waals surface area contributed by atoms with Gasteiger partial charge in [-0.3, -0.25) is 0 Å². The van der Waals surface area contributed by atoms with Crippen molar-refractivity contribution in [3.05, 3.63) is 0 Å². The Hall–Kier alpha value is 0.200. The van der Waals surface area contributed by atoms with Crippen LogP contribution >= 0.6 is 10.7 Å². The molecule has 1 heterocycles. The van der Waals surface area contributed by atoms with Crippen molar-refractivity contribution in [2.24, 2.45) is 22.7 Å². The average molecular weight is 279 g/mol. The Morgan fingerprint density at radius 2 is 2.06 bits per heavy atom. The number of ether oxygens (including phenoxy) is 1. The minimum absolute atomic E-state index is 0.0325. The molecule has 2 bridgehead atoms. The Balaban J connectivity index is 2.06. The van der Waals surface area contributed by atoms with Crippen LogP contribution < -0.4 is 0 Å². The molecule has 0 amide bonds. The number of halogens is 1. The minimum atomic E-state index is -3.47. The SMILES string of the molecule is CC1(C)C2CCC1(CS(=O)(=O)Cl)C1OCCC21. The Morgan fingerprint density at radius 3 is 2.71 bits per heavy atom. The highest BCUT2D eigenvalue weighted by Crippen LogP contribution is 2.71. The summed E-state index contributed by atoms with van der Waals surface area (Å²) < 4.78 is 29.0. The second-order valence-corrected chi connectivity index (χ2v) is 9.23. The van der Waals surface area contributed by atoms with Crippen LogP contribution in [0.5, 0.6) is 0 Å². The molecule has 0 N–H and O–H groups in total. The van der Waals surface area contributed by atoms with Gasteiger partial charge in [0.1, 0.15) is 0 Å². The summed E-state index contributed by atoms with van der Waals surface area (Å²) >= 11 is 0. The van der Waals surface area contributed by atoms with E-state index in [0.29, 0.717) is 11.8 Å². The van der Waals surface area contributed by atoms with Crippen molar-refractivity contribution < 1.29 is 13.2 Å². The van der Waals surface area contributed by atoms with E-state index in [1.807, 2.05) is 0 Å². The smallest absolute Gasteiger partial charge is 0.233 e. The molecule has 3 rings (SSSR count). The first kappa shape index (κ1) is 12.2. The molecule has 0 aromatic heterocycles. The molecule has 4 atom stereocenters. The van der Waals surface area contributed by atoms with Gasteiger partial charge >= 0.3 is 0 Å². The van der Waals surface area contributed by atoms with Gasteiger partial charge in [0.2, 0.25) is 9.05 Å². The van der Waals surface area contributed by atoms with Gasteiger partial charge in [-0.1, -0.05) is 13.8 Å². The molecule has 98 valence electrons. The lowest BCUT2D eigenvalue weighted by Crippen LogP contribution is -2.44. The normalized spacial score (nSPS) is 47.4. The van der Waals surface area contributed by atoms with Gasteiger partial charge in [0.25, 0.3) is 0 Å². The van der Waals surface area contributed by atoms with Crippen molar-refractivity contribution in [3.8, 4) is 0 Å². The molecule has 3 fully saturated rings. The number of fused-ring (bicyclic) bond motifs is 5. The quantitative estimate of drug-likeness (QED) is 0.729. The lowest BCUT2D eigenvalue weighted by atomic mass is 9.69. The lowest BCUT2D eigenvalue weighted by molar-refractivity contribution is -0.0205. The van der Waals surface area contributed by atoms with Crippen LogP contribution in [0.3, 0.4) is 0 Å². The van der Waals surface area contributed by atoms with E-state index in [-0.39, 0.29) is 22.7 Å². The molecule has 3 nitrogen and oxygen atoms in total. The maximum atomic E-state index is 11.6. The van der Waals surface area contributed by atoms with E-state index in [0.717, 1.165) is 25.9 Å². The second kappa shape index (κ2) is 3.40. The van der Waals surface area contributed by atoms with Crippen LogP contribution in [0, 0.1) is 22.7 Å². The second-order valence-electron chi connectivity index (χ2n) is 6.45. The molecule has 17 heavy (non-hydrogen) atoms. The third-order valence-corrected chi connectivity index (χ3v) is 6.93. The predicted molar refractivity (Wildman–Crippen MR) is 66.4 cm³/mol. The zero-order valence-corrected chi connectivity index (χ0v) is 11.9. The largest absolute Gasteiger partial charge is 0.377 e. The summed E-state index contributed by atoms with van der Waals surface area (Å²) in [7, 11) is 2.07. The summed E-state index contributed by atoms with van der Waals surface area (Å²) in [5.74, 6) is 1.23. The molecule has 1 saturated heterocycles. The summed E-state index contributed by atoms with van der Waals surface area (Å²) in [6.07, 6.45) is 3.27. The molecular weight excluding hydrogens is 260 g/mol. The van der Waals surface area contributed by atoms with Crippen LogP contribution in [-0.2, 0) is 13.8 Å². The summed E-state index contributed by atoms with van der Waals surface area (Å²) in [6, 6.07) is 0. The number of hydrogen-bond donors (Lipinski definition) is 0. The maximum Gasteiger partial charge on any atom is 0.233 e. The first-order chi connectivity index (χ1) is 7.78. The van der Waals surface area contributed by atoms with Gasteiger partial charge < -0.3 is 4.74 Å². The molecule has 0 spiro atoms. The summed E-state index contributed by atoms with van der Waals surface area (Å²) in [6.45, 7) is 5.19. The van der Waals surface area contributed by atoms with E-state index in [4.69, 9.17) is 15.4 Å². The highest BCUT2D eigenvalue weighted by molar-refractivity contribution is 8.13. The molecule has 0 radical (unpaired) electrons. The van der Waals surface area contributed by atoms with Gasteiger partial charge in [0.15, 0.2) is 0 Å². The fourth-order valence-corrected chi connectivity index (χ4v) is 6.84. The van der Waals surface area contributed by atoms with E-state index < -0.39 is 9.05 Å². The van der Waals surface area contributed by atoms with Gasteiger partial charge in [-0.05, 0) is 36.5 Å². The van der Waals surface area contributed by atoms with E-state index in [1.165, 1.54) is 0 Å². The van der Waals surface area contributed by atoms with Crippen molar-refractivity contribution in [2.45, 2.75) is 39.2 Å². The lowest BCUT2D eigenvalue weighted by Gasteiger charge is -2.40. The maximum absolute atomic E-state index is 11.6. The highest BCUT2D eigenvalue weighted by Gasteiger charge is 2.70. The van der Waals surface area contributed by atoms with Gasteiger partial charge in [0.05, 0.1) is 11.9 Å². The zero-order chi connectivity index (χ0) is 12.5. The summed E-state index contributed by atoms with van der Waals surface area (Å²) in [5, 5.41) is 0. The van der Waals surface area contributed by atoms with Crippen LogP contribution in [0.4, 0.5) is 0 Å². The molecule has 4 unspecified atom stereocenters. The monoisotopic (exact) mass is 278 g/mol. The average Bonchev–Trinajstić information content (AvgIpc) is 2.74. The standard InChI is InChI=1S/C12H19ClO3S/c1-11(2)9-3-5-12(11,7-17(13,14)15)10-8(9)4-6-16-10/h8-10H,3-7H2,1-2H3. The third-order valence-electron chi connectivity index (χ3n) is 5.74. The van der Waals surface area contributed by atoms with Crippen LogP contribution in [0.15, 0.2) is 0 Å². The molecule has 2 saturated carbocycles. The van der Waals surface area contributed by atoms with Crippen LogP contribution in [-0.4, -0.2) is 26.9 Å².